The predicted molar refractivity (Wildman–Crippen MR) is 80.4 cm³/mol. The number of halogens is 1. The SMILES string of the molecule is Clc1cc(NCC2Cc3ccccc32)nc(C2CC2)n1. The van der Waals surface area contributed by atoms with Gasteiger partial charge in [-0.3, -0.25) is 0 Å². The Hall–Kier alpha value is -1.61. The predicted octanol–water partition coefficient (Wildman–Crippen LogP) is 3.76. The van der Waals surface area contributed by atoms with Crippen molar-refractivity contribution in [2.24, 2.45) is 0 Å². The van der Waals surface area contributed by atoms with E-state index >= 15 is 0 Å². The number of nitrogens with one attached hydrogen (secondary N) is 1. The summed E-state index contributed by atoms with van der Waals surface area (Å²) in [7, 11) is 0. The Morgan fingerprint density at radius 2 is 2.05 bits per heavy atom. The highest BCUT2D eigenvalue weighted by Gasteiger charge is 2.28. The number of hydrogen-bond acceptors (Lipinski definition) is 3. The average Bonchev–Trinajstić information content (AvgIpc) is 3.23. The zero-order valence-corrected chi connectivity index (χ0v) is 11.9. The molecule has 102 valence electrons. The van der Waals surface area contributed by atoms with Gasteiger partial charge in [0.15, 0.2) is 0 Å². The maximum absolute atomic E-state index is 6.07. The minimum Gasteiger partial charge on any atom is -0.369 e. The molecule has 20 heavy (non-hydrogen) atoms. The molecule has 1 saturated carbocycles. The molecule has 2 aromatic rings. The standard InChI is InChI=1S/C16H16ClN3/c17-14-8-15(20-16(19-14)10-5-6-10)18-9-12-7-11-3-1-2-4-13(11)12/h1-4,8,10,12H,5-7,9H2,(H,18,19,20). The van der Waals surface area contributed by atoms with Gasteiger partial charge in [0.1, 0.15) is 16.8 Å². The van der Waals surface area contributed by atoms with Crippen molar-refractivity contribution in [1.82, 2.24) is 9.97 Å². The Morgan fingerprint density at radius 3 is 2.85 bits per heavy atom. The molecule has 3 nitrogen and oxygen atoms in total. The number of fused-ring (bicyclic) bond motifs is 1. The van der Waals surface area contributed by atoms with Crippen LogP contribution < -0.4 is 5.32 Å². The molecule has 1 atom stereocenters. The van der Waals surface area contributed by atoms with Gasteiger partial charge in [0, 0.05) is 24.4 Å². The van der Waals surface area contributed by atoms with Crippen LogP contribution in [-0.4, -0.2) is 16.5 Å². The maximum atomic E-state index is 6.07. The van der Waals surface area contributed by atoms with E-state index in [4.69, 9.17) is 11.6 Å². The molecule has 0 spiro atoms. The van der Waals surface area contributed by atoms with Crippen LogP contribution in [0.25, 0.3) is 0 Å². The molecule has 4 rings (SSSR count). The summed E-state index contributed by atoms with van der Waals surface area (Å²) >= 11 is 6.07. The molecule has 0 amide bonds. The van der Waals surface area contributed by atoms with Gasteiger partial charge in [-0.2, -0.15) is 0 Å². The largest absolute Gasteiger partial charge is 0.369 e. The lowest BCUT2D eigenvalue weighted by Crippen LogP contribution is -2.24. The molecular formula is C16H16ClN3. The van der Waals surface area contributed by atoms with Crippen LogP contribution in [0, 0.1) is 0 Å². The number of nitrogens with zero attached hydrogens (tertiary/aromatic N) is 2. The Kier molecular flexibility index (Phi) is 2.88. The summed E-state index contributed by atoms with van der Waals surface area (Å²) in [5.74, 6) is 2.87. The molecule has 0 radical (unpaired) electrons. The summed E-state index contributed by atoms with van der Waals surface area (Å²) < 4.78 is 0. The smallest absolute Gasteiger partial charge is 0.135 e. The van der Waals surface area contributed by atoms with E-state index in [1.165, 1.54) is 24.0 Å². The lowest BCUT2D eigenvalue weighted by Gasteiger charge is -2.30. The first kappa shape index (κ1) is 12.2. The molecular weight excluding hydrogens is 270 g/mol. The van der Waals surface area contributed by atoms with Crippen LogP contribution in [0.1, 0.15) is 41.6 Å². The second-order valence-corrected chi connectivity index (χ2v) is 6.08. The molecule has 1 N–H and O–H groups in total. The highest BCUT2D eigenvalue weighted by Crippen LogP contribution is 2.39. The third-order valence-corrected chi connectivity index (χ3v) is 4.34. The van der Waals surface area contributed by atoms with E-state index in [0.29, 0.717) is 17.0 Å². The van der Waals surface area contributed by atoms with Gasteiger partial charge in [-0.1, -0.05) is 35.9 Å². The van der Waals surface area contributed by atoms with Gasteiger partial charge in [0.2, 0.25) is 0 Å². The zero-order chi connectivity index (χ0) is 13.5. The monoisotopic (exact) mass is 285 g/mol. The van der Waals surface area contributed by atoms with E-state index in [-0.39, 0.29) is 0 Å². The van der Waals surface area contributed by atoms with Gasteiger partial charge < -0.3 is 5.32 Å². The number of aromatic nitrogens is 2. The van der Waals surface area contributed by atoms with Gasteiger partial charge in [-0.15, -0.1) is 0 Å². The lowest BCUT2D eigenvalue weighted by atomic mass is 9.78. The van der Waals surface area contributed by atoms with Crippen LogP contribution in [-0.2, 0) is 6.42 Å². The number of anilines is 1. The number of rotatable bonds is 4. The summed E-state index contributed by atoms with van der Waals surface area (Å²) in [5, 5.41) is 3.96. The van der Waals surface area contributed by atoms with Crippen LogP contribution in [0.3, 0.4) is 0 Å². The van der Waals surface area contributed by atoms with Gasteiger partial charge >= 0.3 is 0 Å². The van der Waals surface area contributed by atoms with Crippen molar-refractivity contribution in [1.29, 1.82) is 0 Å². The van der Waals surface area contributed by atoms with Crippen LogP contribution in [0.5, 0.6) is 0 Å². The molecule has 0 saturated heterocycles. The third-order valence-electron chi connectivity index (χ3n) is 4.15. The second kappa shape index (κ2) is 4.74. The highest BCUT2D eigenvalue weighted by atomic mass is 35.5. The lowest BCUT2D eigenvalue weighted by molar-refractivity contribution is 0.634. The summed E-state index contributed by atoms with van der Waals surface area (Å²) in [6, 6.07) is 10.5. The summed E-state index contributed by atoms with van der Waals surface area (Å²) in [6.45, 7) is 0.911. The van der Waals surface area contributed by atoms with Crippen molar-refractivity contribution < 1.29 is 0 Å². The fourth-order valence-electron chi connectivity index (χ4n) is 2.82. The first-order chi connectivity index (χ1) is 9.79. The normalized spacial score (nSPS) is 20.1. The van der Waals surface area contributed by atoms with Crippen LogP contribution >= 0.6 is 11.6 Å². The highest BCUT2D eigenvalue weighted by molar-refractivity contribution is 6.29. The summed E-state index contributed by atoms with van der Waals surface area (Å²) in [4.78, 5) is 8.88. The Morgan fingerprint density at radius 1 is 1.20 bits per heavy atom. The quantitative estimate of drug-likeness (QED) is 0.869. The van der Waals surface area contributed by atoms with Crippen molar-refractivity contribution in [2.75, 3.05) is 11.9 Å². The molecule has 1 heterocycles. The first-order valence-electron chi connectivity index (χ1n) is 7.16. The molecule has 1 aromatic heterocycles. The summed E-state index contributed by atoms with van der Waals surface area (Å²) in [6.07, 6.45) is 3.53. The fourth-order valence-corrected chi connectivity index (χ4v) is 3.01. The first-order valence-corrected chi connectivity index (χ1v) is 7.53. The van der Waals surface area contributed by atoms with Crippen LogP contribution in [0.2, 0.25) is 5.15 Å². The third kappa shape index (κ3) is 2.27. The van der Waals surface area contributed by atoms with Gasteiger partial charge in [0.05, 0.1) is 0 Å². The Bertz CT molecular complexity index is 652. The Labute approximate surface area is 123 Å². The molecule has 2 aliphatic carbocycles. The van der Waals surface area contributed by atoms with Crippen molar-refractivity contribution in [3.05, 3.63) is 52.4 Å². The van der Waals surface area contributed by atoms with E-state index in [1.54, 1.807) is 0 Å². The molecule has 4 heteroatoms. The van der Waals surface area contributed by atoms with Crippen LogP contribution in [0.15, 0.2) is 30.3 Å². The van der Waals surface area contributed by atoms with Crippen molar-refractivity contribution in [3.8, 4) is 0 Å². The molecule has 0 bridgehead atoms. The molecule has 2 aliphatic rings. The van der Waals surface area contributed by atoms with Crippen molar-refractivity contribution >= 4 is 17.4 Å². The average molecular weight is 286 g/mol. The van der Waals surface area contributed by atoms with E-state index < -0.39 is 0 Å². The number of benzene rings is 1. The van der Waals surface area contributed by atoms with E-state index in [9.17, 15) is 0 Å². The molecule has 0 aliphatic heterocycles. The molecule has 1 unspecified atom stereocenters. The molecule has 1 fully saturated rings. The second-order valence-electron chi connectivity index (χ2n) is 5.69. The van der Waals surface area contributed by atoms with Crippen molar-refractivity contribution in [3.63, 3.8) is 0 Å². The minimum atomic E-state index is 0.527. The number of hydrogen-bond donors (Lipinski definition) is 1. The topological polar surface area (TPSA) is 37.8 Å². The van der Waals surface area contributed by atoms with E-state index in [2.05, 4.69) is 39.6 Å². The summed E-state index contributed by atoms with van der Waals surface area (Å²) in [5.41, 5.74) is 2.93. The maximum Gasteiger partial charge on any atom is 0.135 e. The van der Waals surface area contributed by atoms with Gasteiger partial charge in [0.25, 0.3) is 0 Å². The van der Waals surface area contributed by atoms with E-state index in [1.807, 2.05) is 6.07 Å². The molecule has 1 aromatic carbocycles. The van der Waals surface area contributed by atoms with E-state index in [0.717, 1.165) is 24.6 Å². The van der Waals surface area contributed by atoms with Crippen LogP contribution in [0.4, 0.5) is 5.82 Å². The zero-order valence-electron chi connectivity index (χ0n) is 11.1. The Balaban J connectivity index is 1.45. The van der Waals surface area contributed by atoms with Crippen molar-refractivity contribution in [2.45, 2.75) is 31.1 Å². The van der Waals surface area contributed by atoms with Gasteiger partial charge in [-0.25, -0.2) is 9.97 Å². The van der Waals surface area contributed by atoms with Gasteiger partial charge in [-0.05, 0) is 30.4 Å². The minimum absolute atomic E-state index is 0.527. The fraction of sp³-hybridized carbons (Fsp3) is 0.375.